The second kappa shape index (κ2) is 10.5. The highest BCUT2D eigenvalue weighted by Gasteiger charge is 2.09. The van der Waals surface area contributed by atoms with Crippen molar-refractivity contribution < 1.29 is 14.3 Å². The number of carbonyl (C=O) groups is 1. The Morgan fingerprint density at radius 1 is 1.10 bits per heavy atom. The molecule has 152 valence electrons. The highest BCUT2D eigenvalue weighted by atomic mass is 16.7. The van der Waals surface area contributed by atoms with Crippen LogP contribution in [-0.4, -0.2) is 42.8 Å². The molecule has 1 aromatic heterocycles. The minimum absolute atomic E-state index is 0.216. The number of benzene rings is 2. The van der Waals surface area contributed by atoms with Gasteiger partial charge in [-0.3, -0.25) is 4.90 Å². The Bertz CT molecular complexity index is 947. The third-order valence-electron chi connectivity index (χ3n) is 4.94. The molecule has 1 heterocycles. The molecule has 3 aromatic rings. The van der Waals surface area contributed by atoms with Gasteiger partial charge in [-0.05, 0) is 42.2 Å². The smallest absolute Gasteiger partial charge is 0.438 e. The van der Waals surface area contributed by atoms with Crippen LogP contribution in [0.1, 0.15) is 16.7 Å². The van der Waals surface area contributed by atoms with Gasteiger partial charge in [-0.15, -0.1) is 0 Å². The van der Waals surface area contributed by atoms with Crippen molar-refractivity contribution in [2.75, 3.05) is 26.8 Å². The maximum Gasteiger partial charge on any atom is 0.508 e. The van der Waals surface area contributed by atoms with Crippen LogP contribution in [0.4, 0.5) is 4.79 Å². The lowest BCUT2D eigenvalue weighted by Gasteiger charge is -2.21. The summed E-state index contributed by atoms with van der Waals surface area (Å²) in [5.74, 6) is 0. The number of fused-ring (bicyclic) bond motifs is 1. The fraction of sp³-hybridized carbons (Fsp3) is 0.292. The Morgan fingerprint density at radius 2 is 1.93 bits per heavy atom. The summed E-state index contributed by atoms with van der Waals surface area (Å²) in [6.07, 6.45) is 6.31. The SMILES string of the molecule is COC(=O)OC/C=C/CN(CCc1c[nH]c2cccc(C)c12)Cc1ccccc1. The van der Waals surface area contributed by atoms with Crippen LogP contribution in [0.3, 0.4) is 0 Å². The van der Waals surface area contributed by atoms with E-state index in [1.807, 2.05) is 18.2 Å². The van der Waals surface area contributed by atoms with Gasteiger partial charge in [-0.2, -0.15) is 0 Å². The van der Waals surface area contributed by atoms with Crippen LogP contribution in [0.5, 0.6) is 0 Å². The lowest BCUT2D eigenvalue weighted by atomic mass is 10.1. The van der Waals surface area contributed by atoms with Gasteiger partial charge >= 0.3 is 6.16 Å². The molecule has 0 saturated carbocycles. The number of carbonyl (C=O) groups excluding carboxylic acids is 1. The molecular formula is C24H28N2O3. The second-order valence-corrected chi connectivity index (χ2v) is 7.02. The van der Waals surface area contributed by atoms with Gasteiger partial charge in [0.2, 0.25) is 0 Å². The number of ether oxygens (including phenoxy) is 2. The van der Waals surface area contributed by atoms with Crippen LogP contribution in [0, 0.1) is 6.92 Å². The summed E-state index contributed by atoms with van der Waals surface area (Å²) in [6, 6.07) is 16.8. The van der Waals surface area contributed by atoms with E-state index in [2.05, 4.69) is 70.2 Å². The number of nitrogens with one attached hydrogen (secondary N) is 1. The molecule has 0 aliphatic rings. The predicted octanol–water partition coefficient (Wildman–Crippen LogP) is 4.86. The highest BCUT2D eigenvalue weighted by Crippen LogP contribution is 2.22. The van der Waals surface area contributed by atoms with Crippen molar-refractivity contribution in [3.05, 3.63) is 83.6 Å². The Hall–Kier alpha value is -3.05. The number of hydrogen-bond acceptors (Lipinski definition) is 4. The van der Waals surface area contributed by atoms with Crippen LogP contribution in [0.15, 0.2) is 66.9 Å². The zero-order valence-corrected chi connectivity index (χ0v) is 17.1. The molecular weight excluding hydrogens is 364 g/mol. The van der Waals surface area contributed by atoms with Gasteiger partial charge in [-0.1, -0.05) is 48.5 Å². The molecule has 0 spiro atoms. The van der Waals surface area contributed by atoms with Gasteiger partial charge in [0.25, 0.3) is 0 Å². The van der Waals surface area contributed by atoms with E-state index in [0.29, 0.717) is 0 Å². The number of H-pyrrole nitrogens is 1. The van der Waals surface area contributed by atoms with Crippen molar-refractivity contribution in [3.63, 3.8) is 0 Å². The molecule has 1 N–H and O–H groups in total. The molecule has 3 rings (SSSR count). The van der Waals surface area contributed by atoms with E-state index in [-0.39, 0.29) is 6.61 Å². The number of methoxy groups -OCH3 is 1. The molecule has 5 nitrogen and oxygen atoms in total. The van der Waals surface area contributed by atoms with E-state index in [0.717, 1.165) is 26.1 Å². The van der Waals surface area contributed by atoms with Crippen LogP contribution >= 0.6 is 0 Å². The van der Waals surface area contributed by atoms with Gasteiger partial charge in [-0.25, -0.2) is 4.79 Å². The number of aromatic amines is 1. The zero-order valence-electron chi connectivity index (χ0n) is 17.1. The fourth-order valence-electron chi connectivity index (χ4n) is 3.47. The summed E-state index contributed by atoms with van der Waals surface area (Å²) in [7, 11) is 1.31. The van der Waals surface area contributed by atoms with Crippen molar-refractivity contribution in [3.8, 4) is 0 Å². The summed E-state index contributed by atoms with van der Waals surface area (Å²) in [5, 5.41) is 1.33. The molecule has 0 bridgehead atoms. The summed E-state index contributed by atoms with van der Waals surface area (Å²) >= 11 is 0. The van der Waals surface area contributed by atoms with E-state index in [4.69, 9.17) is 4.74 Å². The van der Waals surface area contributed by atoms with E-state index >= 15 is 0 Å². The third-order valence-corrected chi connectivity index (χ3v) is 4.94. The van der Waals surface area contributed by atoms with E-state index in [1.54, 1.807) is 0 Å². The number of hydrogen-bond donors (Lipinski definition) is 1. The molecule has 0 unspecified atom stereocenters. The molecule has 0 saturated heterocycles. The van der Waals surface area contributed by atoms with Gasteiger partial charge in [0, 0.05) is 36.7 Å². The van der Waals surface area contributed by atoms with Crippen LogP contribution in [-0.2, 0) is 22.4 Å². The van der Waals surface area contributed by atoms with Crippen LogP contribution in [0.25, 0.3) is 10.9 Å². The molecule has 0 aliphatic heterocycles. The standard InChI is InChI=1S/C24H28N2O3/c1-19-9-8-12-22-23(19)21(17-25-22)13-15-26(18-20-10-4-3-5-11-20)14-6-7-16-29-24(27)28-2/h3-12,17,25H,13-16,18H2,1-2H3/b7-6+. The number of aromatic nitrogens is 1. The molecule has 0 atom stereocenters. The topological polar surface area (TPSA) is 54.6 Å². The van der Waals surface area contributed by atoms with Crippen molar-refractivity contribution in [2.45, 2.75) is 19.9 Å². The molecule has 0 aliphatic carbocycles. The first-order valence-electron chi connectivity index (χ1n) is 9.85. The number of rotatable bonds is 9. The number of aryl methyl sites for hydroxylation is 1. The molecule has 5 heteroatoms. The van der Waals surface area contributed by atoms with Crippen LogP contribution in [0.2, 0.25) is 0 Å². The second-order valence-electron chi connectivity index (χ2n) is 7.02. The normalized spacial score (nSPS) is 11.4. The van der Waals surface area contributed by atoms with E-state index in [1.165, 1.54) is 34.7 Å². The molecule has 29 heavy (non-hydrogen) atoms. The average Bonchev–Trinajstić information content (AvgIpc) is 3.16. The van der Waals surface area contributed by atoms with Crippen molar-refractivity contribution in [2.24, 2.45) is 0 Å². The summed E-state index contributed by atoms with van der Waals surface area (Å²) in [5.41, 5.74) is 5.11. The first-order chi connectivity index (χ1) is 14.2. The Labute approximate surface area is 171 Å². The quantitative estimate of drug-likeness (QED) is 0.417. The first kappa shape index (κ1) is 20.7. The Morgan fingerprint density at radius 3 is 2.72 bits per heavy atom. The first-order valence-corrected chi connectivity index (χ1v) is 9.85. The van der Waals surface area contributed by atoms with Crippen molar-refractivity contribution in [1.82, 2.24) is 9.88 Å². The van der Waals surface area contributed by atoms with Gasteiger partial charge in [0.05, 0.1) is 7.11 Å². The minimum atomic E-state index is -0.662. The fourth-order valence-corrected chi connectivity index (χ4v) is 3.47. The molecule has 0 radical (unpaired) electrons. The van der Waals surface area contributed by atoms with Gasteiger partial charge in [0.1, 0.15) is 6.61 Å². The van der Waals surface area contributed by atoms with Crippen molar-refractivity contribution >= 4 is 17.1 Å². The van der Waals surface area contributed by atoms with Crippen LogP contribution < -0.4 is 0 Å². The maximum atomic E-state index is 11.0. The lowest BCUT2D eigenvalue weighted by Crippen LogP contribution is -2.26. The van der Waals surface area contributed by atoms with E-state index in [9.17, 15) is 4.79 Å². The monoisotopic (exact) mass is 392 g/mol. The minimum Gasteiger partial charge on any atom is -0.438 e. The molecule has 0 fully saturated rings. The van der Waals surface area contributed by atoms with Gasteiger partial charge in [0.15, 0.2) is 0 Å². The molecule has 2 aromatic carbocycles. The lowest BCUT2D eigenvalue weighted by molar-refractivity contribution is 0.0817. The van der Waals surface area contributed by atoms with Crippen molar-refractivity contribution in [1.29, 1.82) is 0 Å². The average molecular weight is 392 g/mol. The van der Waals surface area contributed by atoms with E-state index < -0.39 is 6.16 Å². The largest absolute Gasteiger partial charge is 0.508 e. The number of nitrogens with zero attached hydrogens (tertiary/aromatic N) is 1. The maximum absolute atomic E-state index is 11.0. The zero-order chi connectivity index (χ0) is 20.5. The molecule has 0 amide bonds. The summed E-state index contributed by atoms with van der Waals surface area (Å²) < 4.78 is 9.37. The highest BCUT2D eigenvalue weighted by molar-refractivity contribution is 5.86. The third kappa shape index (κ3) is 5.96. The Balaban J connectivity index is 1.64. The predicted molar refractivity (Wildman–Crippen MR) is 116 cm³/mol. The van der Waals surface area contributed by atoms with Gasteiger partial charge < -0.3 is 14.5 Å². The summed E-state index contributed by atoms with van der Waals surface area (Å²) in [4.78, 5) is 16.8. The summed E-state index contributed by atoms with van der Waals surface area (Å²) in [6.45, 7) is 4.95. The Kier molecular flexibility index (Phi) is 7.47.